The fourth-order valence-corrected chi connectivity index (χ4v) is 4.93. The monoisotopic (exact) mass is 463 g/mol. The lowest BCUT2D eigenvalue weighted by Gasteiger charge is -2.07. The average Bonchev–Trinajstić information content (AvgIpc) is 3.12. The van der Waals surface area contributed by atoms with Gasteiger partial charge in [-0.25, -0.2) is 13.2 Å². The van der Waals surface area contributed by atoms with Crippen LogP contribution in [0, 0.1) is 0 Å². The SMILES string of the molecule is CCOC(=O)c1sc(-c2ccccc2)cc1NC(=O)CS(=O)(=O)c1ccc(Cl)cc1. The van der Waals surface area contributed by atoms with Gasteiger partial charge in [0, 0.05) is 9.90 Å². The number of thiophene rings is 1. The summed E-state index contributed by atoms with van der Waals surface area (Å²) in [6.45, 7) is 1.86. The second-order valence-electron chi connectivity index (χ2n) is 6.20. The number of carbonyl (C=O) groups is 2. The van der Waals surface area contributed by atoms with Crippen LogP contribution in [-0.2, 0) is 19.4 Å². The van der Waals surface area contributed by atoms with Gasteiger partial charge in [0.05, 0.1) is 17.2 Å². The minimum atomic E-state index is -3.87. The molecule has 1 amide bonds. The standard InChI is InChI=1S/C21H18ClNO5S2/c1-2-28-21(25)20-17(12-18(29-20)14-6-4-3-5-7-14)23-19(24)13-30(26,27)16-10-8-15(22)9-11-16/h3-12H,2,13H2,1H3,(H,23,24). The van der Waals surface area contributed by atoms with E-state index in [2.05, 4.69) is 5.32 Å². The Balaban J connectivity index is 1.85. The van der Waals surface area contributed by atoms with Gasteiger partial charge in [0.1, 0.15) is 10.6 Å². The average molecular weight is 464 g/mol. The smallest absolute Gasteiger partial charge is 0.350 e. The van der Waals surface area contributed by atoms with Gasteiger partial charge < -0.3 is 10.1 Å². The van der Waals surface area contributed by atoms with Crippen molar-refractivity contribution in [1.29, 1.82) is 0 Å². The summed E-state index contributed by atoms with van der Waals surface area (Å²) in [6.07, 6.45) is 0. The van der Waals surface area contributed by atoms with E-state index in [1.807, 2.05) is 30.3 Å². The molecule has 0 saturated carbocycles. The predicted octanol–water partition coefficient (Wildman–Crippen LogP) is 4.66. The summed E-state index contributed by atoms with van der Waals surface area (Å²) in [5.74, 6) is -2.11. The Morgan fingerprint density at radius 3 is 2.37 bits per heavy atom. The summed E-state index contributed by atoms with van der Waals surface area (Å²) in [6, 6.07) is 16.5. The molecule has 30 heavy (non-hydrogen) atoms. The Morgan fingerprint density at radius 2 is 1.73 bits per heavy atom. The summed E-state index contributed by atoms with van der Waals surface area (Å²) < 4.78 is 30.1. The minimum Gasteiger partial charge on any atom is -0.462 e. The first kappa shape index (κ1) is 22.0. The molecule has 9 heteroatoms. The predicted molar refractivity (Wildman–Crippen MR) is 118 cm³/mol. The van der Waals surface area contributed by atoms with E-state index < -0.39 is 27.5 Å². The fraction of sp³-hybridized carbons (Fsp3) is 0.143. The van der Waals surface area contributed by atoms with Crippen molar-refractivity contribution >= 4 is 50.3 Å². The van der Waals surface area contributed by atoms with Crippen LogP contribution >= 0.6 is 22.9 Å². The molecule has 3 rings (SSSR count). The zero-order valence-electron chi connectivity index (χ0n) is 15.9. The molecule has 1 aromatic heterocycles. The van der Waals surface area contributed by atoms with Crippen LogP contribution < -0.4 is 5.32 Å². The Labute approximate surface area is 183 Å². The van der Waals surface area contributed by atoms with Crippen molar-refractivity contribution in [3.8, 4) is 10.4 Å². The van der Waals surface area contributed by atoms with Crippen LogP contribution in [0.1, 0.15) is 16.6 Å². The molecule has 1 heterocycles. The van der Waals surface area contributed by atoms with Gasteiger partial charge in [-0.15, -0.1) is 11.3 Å². The van der Waals surface area contributed by atoms with E-state index in [1.54, 1.807) is 13.0 Å². The summed E-state index contributed by atoms with van der Waals surface area (Å²) in [5.41, 5.74) is 1.08. The van der Waals surface area contributed by atoms with E-state index >= 15 is 0 Å². The Morgan fingerprint density at radius 1 is 1.07 bits per heavy atom. The first-order chi connectivity index (χ1) is 14.3. The Hall–Kier alpha value is -2.68. The summed E-state index contributed by atoms with van der Waals surface area (Å²) in [7, 11) is -3.87. The lowest BCUT2D eigenvalue weighted by atomic mass is 10.2. The van der Waals surface area contributed by atoms with E-state index in [1.165, 1.54) is 35.6 Å². The fourth-order valence-electron chi connectivity index (χ4n) is 2.66. The topological polar surface area (TPSA) is 89.5 Å². The van der Waals surface area contributed by atoms with Crippen LogP contribution in [0.4, 0.5) is 5.69 Å². The summed E-state index contributed by atoms with van der Waals surface area (Å²) in [4.78, 5) is 25.8. The van der Waals surface area contributed by atoms with Crippen LogP contribution in [0.2, 0.25) is 5.02 Å². The minimum absolute atomic E-state index is 0.0111. The Bertz CT molecular complexity index is 1160. The molecule has 156 valence electrons. The number of ether oxygens (including phenoxy) is 1. The van der Waals surface area contributed by atoms with Crippen LogP contribution in [-0.4, -0.2) is 32.7 Å². The number of benzene rings is 2. The van der Waals surface area contributed by atoms with Crippen molar-refractivity contribution < 1.29 is 22.7 Å². The molecular formula is C21H18ClNO5S2. The van der Waals surface area contributed by atoms with Gasteiger partial charge in [-0.3, -0.25) is 4.79 Å². The van der Waals surface area contributed by atoms with Crippen molar-refractivity contribution in [2.75, 3.05) is 17.7 Å². The lowest BCUT2D eigenvalue weighted by Crippen LogP contribution is -2.23. The second kappa shape index (κ2) is 9.42. The normalized spacial score (nSPS) is 11.1. The van der Waals surface area contributed by atoms with Crippen molar-refractivity contribution in [3.63, 3.8) is 0 Å². The first-order valence-electron chi connectivity index (χ1n) is 8.94. The third-order valence-corrected chi connectivity index (χ3v) is 7.07. The van der Waals surface area contributed by atoms with Gasteiger partial charge in [0.25, 0.3) is 0 Å². The Kier molecular flexibility index (Phi) is 6.91. The molecule has 0 fully saturated rings. The number of hydrogen-bond donors (Lipinski definition) is 1. The maximum atomic E-state index is 12.5. The van der Waals surface area contributed by atoms with Crippen LogP contribution in [0.5, 0.6) is 0 Å². The number of hydrogen-bond acceptors (Lipinski definition) is 6. The van der Waals surface area contributed by atoms with Gasteiger partial charge >= 0.3 is 5.97 Å². The third kappa shape index (κ3) is 5.27. The van der Waals surface area contributed by atoms with Crippen LogP contribution in [0.15, 0.2) is 65.6 Å². The highest BCUT2D eigenvalue weighted by molar-refractivity contribution is 7.92. The summed E-state index contributed by atoms with van der Waals surface area (Å²) in [5, 5.41) is 2.94. The largest absolute Gasteiger partial charge is 0.462 e. The molecule has 0 aliphatic carbocycles. The van der Waals surface area contributed by atoms with Gasteiger partial charge in [0.2, 0.25) is 5.91 Å². The van der Waals surface area contributed by atoms with Crippen molar-refractivity contribution in [2.24, 2.45) is 0 Å². The zero-order valence-corrected chi connectivity index (χ0v) is 18.3. The van der Waals surface area contributed by atoms with Crippen LogP contribution in [0.3, 0.4) is 0 Å². The van der Waals surface area contributed by atoms with Crippen LogP contribution in [0.25, 0.3) is 10.4 Å². The number of carbonyl (C=O) groups excluding carboxylic acids is 2. The highest BCUT2D eigenvalue weighted by Gasteiger charge is 2.23. The molecule has 0 saturated heterocycles. The van der Waals surface area contributed by atoms with Crippen molar-refractivity contribution in [3.05, 3.63) is 70.6 Å². The number of amides is 1. The molecular weight excluding hydrogens is 446 g/mol. The number of sulfone groups is 1. The molecule has 0 unspecified atom stereocenters. The molecule has 0 spiro atoms. The number of halogens is 1. The van der Waals surface area contributed by atoms with Gasteiger partial charge in [-0.05, 0) is 42.8 Å². The van der Waals surface area contributed by atoms with E-state index in [0.717, 1.165) is 10.4 Å². The molecule has 2 aromatic carbocycles. The number of nitrogens with one attached hydrogen (secondary N) is 1. The van der Waals surface area contributed by atoms with E-state index in [9.17, 15) is 18.0 Å². The highest BCUT2D eigenvalue weighted by Crippen LogP contribution is 2.35. The van der Waals surface area contributed by atoms with Gasteiger partial charge in [-0.1, -0.05) is 41.9 Å². The first-order valence-corrected chi connectivity index (χ1v) is 11.8. The molecule has 3 aromatic rings. The molecule has 0 atom stereocenters. The zero-order chi connectivity index (χ0) is 21.7. The molecule has 0 aliphatic heterocycles. The lowest BCUT2D eigenvalue weighted by molar-refractivity contribution is -0.113. The van der Waals surface area contributed by atoms with Crippen molar-refractivity contribution in [1.82, 2.24) is 0 Å². The van der Waals surface area contributed by atoms with E-state index in [4.69, 9.17) is 16.3 Å². The molecule has 6 nitrogen and oxygen atoms in total. The number of esters is 1. The molecule has 1 N–H and O–H groups in total. The van der Waals surface area contributed by atoms with Gasteiger partial charge in [-0.2, -0.15) is 0 Å². The quantitative estimate of drug-likeness (QED) is 0.515. The molecule has 0 aliphatic rings. The van der Waals surface area contributed by atoms with Crippen molar-refractivity contribution in [2.45, 2.75) is 11.8 Å². The number of anilines is 1. The summed E-state index contributed by atoms with van der Waals surface area (Å²) >= 11 is 6.95. The number of rotatable bonds is 7. The maximum absolute atomic E-state index is 12.5. The molecule has 0 bridgehead atoms. The maximum Gasteiger partial charge on any atom is 0.350 e. The third-order valence-electron chi connectivity index (χ3n) is 4.02. The molecule has 0 radical (unpaired) electrons. The second-order valence-corrected chi connectivity index (χ2v) is 9.68. The van der Waals surface area contributed by atoms with Gasteiger partial charge in [0.15, 0.2) is 9.84 Å². The highest BCUT2D eigenvalue weighted by atomic mass is 35.5. The van der Waals surface area contributed by atoms with E-state index in [-0.39, 0.29) is 22.1 Å². The van der Waals surface area contributed by atoms with E-state index in [0.29, 0.717) is 5.02 Å².